The van der Waals surface area contributed by atoms with Gasteiger partial charge >= 0.3 is 0 Å². The minimum Gasteiger partial charge on any atom is -0.318 e. The largest absolute Gasteiger partial charge is 0.318 e. The van der Waals surface area contributed by atoms with Crippen molar-refractivity contribution in [1.29, 1.82) is 5.26 Å². The molecule has 0 aliphatic heterocycles. The maximum absolute atomic E-state index is 12.9. The third-order valence-electron chi connectivity index (χ3n) is 2.17. The molecule has 0 bridgehead atoms. The van der Waals surface area contributed by atoms with Gasteiger partial charge in [-0.1, -0.05) is 22.0 Å². The van der Waals surface area contributed by atoms with Crippen LogP contribution in [-0.4, -0.2) is 9.55 Å². The molecule has 3 nitrogen and oxygen atoms in total. The minimum absolute atomic E-state index is 0.290. The number of aromatic nitrogens is 2. The zero-order valence-corrected chi connectivity index (χ0v) is 9.78. The summed E-state index contributed by atoms with van der Waals surface area (Å²) in [6, 6.07) is 6.46. The summed E-state index contributed by atoms with van der Waals surface area (Å²) in [5, 5.41) is 8.79. The molecule has 1 heterocycles. The van der Waals surface area contributed by atoms with Crippen molar-refractivity contribution in [2.45, 2.75) is 6.54 Å². The number of halogens is 2. The zero-order valence-electron chi connectivity index (χ0n) is 8.19. The van der Waals surface area contributed by atoms with E-state index in [1.807, 2.05) is 6.07 Å². The van der Waals surface area contributed by atoms with E-state index in [2.05, 4.69) is 20.9 Å². The van der Waals surface area contributed by atoms with E-state index < -0.39 is 0 Å². The van der Waals surface area contributed by atoms with Crippen LogP contribution in [0.3, 0.4) is 0 Å². The Kier molecular flexibility index (Phi) is 3.02. The maximum atomic E-state index is 12.9. The highest BCUT2D eigenvalue weighted by Crippen LogP contribution is 2.19. The maximum Gasteiger partial charge on any atom is 0.213 e. The van der Waals surface area contributed by atoms with E-state index in [0.29, 0.717) is 16.8 Å². The van der Waals surface area contributed by atoms with Crippen molar-refractivity contribution in [2.24, 2.45) is 0 Å². The first-order valence-corrected chi connectivity index (χ1v) is 5.35. The van der Waals surface area contributed by atoms with Gasteiger partial charge in [-0.2, -0.15) is 5.26 Å². The molecule has 0 saturated carbocycles. The normalized spacial score (nSPS) is 10.1. The van der Waals surface area contributed by atoms with Gasteiger partial charge in [0.25, 0.3) is 0 Å². The Labute approximate surface area is 100 Å². The number of nitriles is 1. The molecule has 0 radical (unpaired) electrons. The standard InChI is InChI=1S/C11H7BrFN3/c12-10-5-9(13)2-1-8(10)7-16-4-3-15-11(16)6-14/h1-5H,7H2. The fourth-order valence-corrected chi connectivity index (χ4v) is 1.86. The summed E-state index contributed by atoms with van der Waals surface area (Å²) >= 11 is 3.28. The molecule has 2 aromatic rings. The lowest BCUT2D eigenvalue weighted by molar-refractivity contribution is 0.625. The summed E-state index contributed by atoms with van der Waals surface area (Å²) in [4.78, 5) is 3.89. The van der Waals surface area contributed by atoms with Gasteiger partial charge in [0, 0.05) is 16.9 Å². The molecular formula is C11H7BrFN3. The van der Waals surface area contributed by atoms with Crippen molar-refractivity contribution in [3.63, 3.8) is 0 Å². The second-order valence-electron chi connectivity index (χ2n) is 3.23. The molecule has 0 spiro atoms. The van der Waals surface area contributed by atoms with Crippen LogP contribution < -0.4 is 0 Å². The molecule has 0 aliphatic carbocycles. The molecule has 0 fully saturated rings. The Morgan fingerprint density at radius 3 is 3.00 bits per heavy atom. The van der Waals surface area contributed by atoms with Gasteiger partial charge in [-0.15, -0.1) is 0 Å². The van der Waals surface area contributed by atoms with Crippen LogP contribution >= 0.6 is 15.9 Å². The highest BCUT2D eigenvalue weighted by Gasteiger charge is 2.05. The summed E-state index contributed by atoms with van der Waals surface area (Å²) in [6.07, 6.45) is 3.28. The van der Waals surface area contributed by atoms with Gasteiger partial charge in [0.1, 0.15) is 11.9 Å². The number of hydrogen-bond donors (Lipinski definition) is 0. The number of rotatable bonds is 2. The van der Waals surface area contributed by atoms with Crippen LogP contribution in [0.4, 0.5) is 4.39 Å². The molecular weight excluding hydrogens is 273 g/mol. The SMILES string of the molecule is N#Cc1nccn1Cc1ccc(F)cc1Br. The first kappa shape index (κ1) is 10.8. The van der Waals surface area contributed by atoms with Crippen molar-refractivity contribution in [1.82, 2.24) is 9.55 Å². The fourth-order valence-electron chi connectivity index (χ4n) is 1.38. The van der Waals surface area contributed by atoms with Crippen molar-refractivity contribution < 1.29 is 4.39 Å². The van der Waals surface area contributed by atoms with E-state index in [1.54, 1.807) is 23.0 Å². The van der Waals surface area contributed by atoms with E-state index in [0.717, 1.165) is 5.56 Å². The average Bonchev–Trinajstić information content (AvgIpc) is 2.69. The van der Waals surface area contributed by atoms with E-state index in [1.165, 1.54) is 12.1 Å². The van der Waals surface area contributed by atoms with E-state index in [4.69, 9.17) is 5.26 Å². The van der Waals surface area contributed by atoms with Gasteiger partial charge in [-0.05, 0) is 17.7 Å². The molecule has 5 heteroatoms. The highest BCUT2D eigenvalue weighted by molar-refractivity contribution is 9.10. The van der Waals surface area contributed by atoms with Gasteiger partial charge < -0.3 is 4.57 Å². The zero-order chi connectivity index (χ0) is 11.5. The molecule has 16 heavy (non-hydrogen) atoms. The second kappa shape index (κ2) is 4.45. The third kappa shape index (κ3) is 2.12. The van der Waals surface area contributed by atoms with Crippen LogP contribution in [0.25, 0.3) is 0 Å². The Morgan fingerprint density at radius 1 is 1.50 bits per heavy atom. The van der Waals surface area contributed by atoms with Gasteiger partial charge in [0.2, 0.25) is 5.82 Å². The van der Waals surface area contributed by atoms with Gasteiger partial charge in [-0.25, -0.2) is 9.37 Å². The molecule has 0 unspecified atom stereocenters. The number of benzene rings is 1. The molecule has 0 N–H and O–H groups in total. The van der Waals surface area contributed by atoms with Crippen LogP contribution in [0.15, 0.2) is 35.1 Å². The fraction of sp³-hybridized carbons (Fsp3) is 0.0909. The quantitative estimate of drug-likeness (QED) is 0.848. The van der Waals surface area contributed by atoms with Gasteiger partial charge in [0.15, 0.2) is 0 Å². The lowest BCUT2D eigenvalue weighted by Crippen LogP contribution is -2.02. The van der Waals surface area contributed by atoms with E-state index in [9.17, 15) is 4.39 Å². The van der Waals surface area contributed by atoms with E-state index in [-0.39, 0.29) is 5.82 Å². The first-order valence-electron chi connectivity index (χ1n) is 4.56. The van der Waals surface area contributed by atoms with Crippen molar-refractivity contribution in [3.05, 3.63) is 52.3 Å². The van der Waals surface area contributed by atoms with Crippen LogP contribution in [0, 0.1) is 17.1 Å². The van der Waals surface area contributed by atoms with E-state index >= 15 is 0 Å². The lowest BCUT2D eigenvalue weighted by atomic mass is 10.2. The number of nitrogens with zero attached hydrogens (tertiary/aromatic N) is 3. The number of imidazole rings is 1. The smallest absolute Gasteiger partial charge is 0.213 e. The van der Waals surface area contributed by atoms with Crippen LogP contribution in [-0.2, 0) is 6.54 Å². The molecule has 1 aromatic heterocycles. The predicted octanol–water partition coefficient (Wildman–Crippen LogP) is 2.70. The predicted molar refractivity (Wildman–Crippen MR) is 60.1 cm³/mol. The summed E-state index contributed by atoms with van der Waals surface area (Å²) in [7, 11) is 0. The van der Waals surface area contributed by atoms with Crippen LogP contribution in [0.2, 0.25) is 0 Å². The van der Waals surface area contributed by atoms with Crippen LogP contribution in [0.1, 0.15) is 11.4 Å². The first-order chi connectivity index (χ1) is 7.70. The summed E-state index contributed by atoms with van der Waals surface area (Å²) in [5.74, 6) is 0.0537. The molecule has 0 amide bonds. The molecule has 1 aromatic carbocycles. The topological polar surface area (TPSA) is 41.6 Å². The monoisotopic (exact) mass is 279 g/mol. The molecule has 2 rings (SSSR count). The van der Waals surface area contributed by atoms with Gasteiger partial charge in [-0.3, -0.25) is 0 Å². The summed E-state index contributed by atoms with van der Waals surface area (Å²) in [6.45, 7) is 0.490. The van der Waals surface area contributed by atoms with Crippen molar-refractivity contribution in [2.75, 3.05) is 0 Å². The molecule has 0 saturated heterocycles. The second-order valence-corrected chi connectivity index (χ2v) is 4.08. The number of hydrogen-bond acceptors (Lipinski definition) is 2. The Hall–Kier alpha value is -1.67. The Bertz CT molecular complexity index is 557. The van der Waals surface area contributed by atoms with Crippen molar-refractivity contribution >= 4 is 15.9 Å². The van der Waals surface area contributed by atoms with Gasteiger partial charge in [0.05, 0.1) is 6.54 Å². The molecule has 0 atom stereocenters. The van der Waals surface area contributed by atoms with Crippen LogP contribution in [0.5, 0.6) is 0 Å². The highest BCUT2D eigenvalue weighted by atomic mass is 79.9. The average molecular weight is 280 g/mol. The summed E-state index contributed by atoms with van der Waals surface area (Å²) in [5.41, 5.74) is 0.899. The molecule has 0 aliphatic rings. The third-order valence-corrected chi connectivity index (χ3v) is 2.91. The lowest BCUT2D eigenvalue weighted by Gasteiger charge is -2.06. The Morgan fingerprint density at radius 2 is 2.31 bits per heavy atom. The molecule has 80 valence electrons. The van der Waals surface area contributed by atoms with Crippen molar-refractivity contribution in [3.8, 4) is 6.07 Å². The minimum atomic E-state index is -0.290. The Balaban J connectivity index is 2.31. The summed E-state index contributed by atoms with van der Waals surface area (Å²) < 4.78 is 15.3.